The van der Waals surface area contributed by atoms with Crippen LogP contribution in [0.3, 0.4) is 0 Å². The highest BCUT2D eigenvalue weighted by molar-refractivity contribution is 6.30. The Morgan fingerprint density at radius 2 is 1.96 bits per heavy atom. The fraction of sp³-hybridized carbons (Fsp3) is 0.158. The number of halogens is 2. The summed E-state index contributed by atoms with van der Waals surface area (Å²) in [5.41, 5.74) is 1.79. The van der Waals surface area contributed by atoms with E-state index in [1.165, 1.54) is 23.0 Å². The van der Waals surface area contributed by atoms with Gasteiger partial charge in [0.15, 0.2) is 5.82 Å². The van der Waals surface area contributed by atoms with Gasteiger partial charge in [0.1, 0.15) is 5.82 Å². The molecule has 1 N–H and O–H groups in total. The summed E-state index contributed by atoms with van der Waals surface area (Å²) < 4.78 is 15.1. The van der Waals surface area contributed by atoms with Gasteiger partial charge in [-0.15, -0.1) is 0 Å². The highest BCUT2D eigenvalue weighted by atomic mass is 35.5. The topological polar surface area (TPSA) is 46.9 Å². The number of aryl methyl sites for hydroxylation is 1. The molecule has 0 radical (unpaired) electrons. The number of benzene rings is 2. The second-order valence-electron chi connectivity index (χ2n) is 5.69. The van der Waals surface area contributed by atoms with E-state index in [2.05, 4.69) is 10.3 Å². The Morgan fingerprint density at radius 1 is 1.20 bits per heavy atom. The molecule has 0 spiro atoms. The third-order valence-corrected chi connectivity index (χ3v) is 4.15. The number of hydrogen-bond acceptors (Lipinski definition) is 3. The lowest BCUT2D eigenvalue weighted by molar-refractivity contribution is 0.617. The maximum Gasteiger partial charge on any atom is 0.297 e. The van der Waals surface area contributed by atoms with Gasteiger partial charge >= 0.3 is 0 Å². The minimum absolute atomic E-state index is 0.234. The average molecular weight is 358 g/mol. The van der Waals surface area contributed by atoms with E-state index in [1.807, 2.05) is 24.3 Å². The van der Waals surface area contributed by atoms with Gasteiger partial charge in [-0.3, -0.25) is 9.36 Å². The Hall–Kier alpha value is -2.66. The van der Waals surface area contributed by atoms with Crippen LogP contribution in [-0.2, 0) is 6.42 Å². The molecule has 0 saturated heterocycles. The van der Waals surface area contributed by atoms with Crippen molar-refractivity contribution in [2.24, 2.45) is 0 Å². The van der Waals surface area contributed by atoms with Crippen LogP contribution in [0.5, 0.6) is 0 Å². The molecule has 0 unspecified atom stereocenters. The van der Waals surface area contributed by atoms with E-state index in [-0.39, 0.29) is 17.2 Å². The summed E-state index contributed by atoms with van der Waals surface area (Å²) in [5, 5.41) is 3.73. The Bertz CT molecular complexity index is 938. The predicted octanol–water partition coefficient (Wildman–Crippen LogP) is 3.99. The zero-order chi connectivity index (χ0) is 17.8. The molecule has 0 aliphatic heterocycles. The van der Waals surface area contributed by atoms with Crippen LogP contribution >= 0.6 is 11.6 Å². The van der Waals surface area contributed by atoms with Crippen molar-refractivity contribution in [1.29, 1.82) is 0 Å². The second kappa shape index (κ2) is 7.49. The molecule has 128 valence electrons. The highest BCUT2D eigenvalue weighted by Crippen LogP contribution is 2.13. The van der Waals surface area contributed by atoms with Crippen LogP contribution in [0.4, 0.5) is 10.2 Å². The van der Waals surface area contributed by atoms with Gasteiger partial charge in [-0.05, 0) is 48.7 Å². The van der Waals surface area contributed by atoms with Gasteiger partial charge < -0.3 is 5.32 Å². The lowest BCUT2D eigenvalue weighted by Crippen LogP contribution is -2.24. The van der Waals surface area contributed by atoms with Crippen LogP contribution in [0.25, 0.3) is 5.69 Å². The number of aromatic nitrogens is 2. The van der Waals surface area contributed by atoms with Crippen molar-refractivity contribution in [3.05, 3.63) is 87.2 Å². The molecular weight excluding hydrogens is 341 g/mol. The molecule has 4 nitrogen and oxygen atoms in total. The van der Waals surface area contributed by atoms with E-state index < -0.39 is 0 Å². The Labute approximate surface area is 149 Å². The van der Waals surface area contributed by atoms with Gasteiger partial charge in [-0.25, -0.2) is 9.37 Å². The fourth-order valence-corrected chi connectivity index (χ4v) is 2.57. The minimum Gasteiger partial charge on any atom is -0.365 e. The van der Waals surface area contributed by atoms with E-state index in [0.29, 0.717) is 22.8 Å². The highest BCUT2D eigenvalue weighted by Gasteiger charge is 2.08. The molecule has 1 heterocycles. The van der Waals surface area contributed by atoms with Crippen molar-refractivity contribution >= 4 is 17.4 Å². The molecule has 3 aromatic rings. The van der Waals surface area contributed by atoms with Crippen LogP contribution in [0, 0.1) is 12.7 Å². The maximum atomic E-state index is 13.8. The van der Waals surface area contributed by atoms with E-state index >= 15 is 0 Å². The number of anilines is 1. The molecule has 0 atom stereocenters. The summed E-state index contributed by atoms with van der Waals surface area (Å²) in [5.74, 6) is -0.115. The van der Waals surface area contributed by atoms with E-state index in [0.717, 1.165) is 12.0 Å². The monoisotopic (exact) mass is 357 g/mol. The van der Waals surface area contributed by atoms with Crippen molar-refractivity contribution in [2.45, 2.75) is 13.3 Å². The summed E-state index contributed by atoms with van der Waals surface area (Å²) in [4.78, 5) is 16.6. The molecule has 0 bridgehead atoms. The van der Waals surface area contributed by atoms with E-state index in [1.54, 1.807) is 19.1 Å². The Kier molecular flexibility index (Phi) is 5.14. The zero-order valence-corrected chi connectivity index (χ0v) is 14.4. The quantitative estimate of drug-likeness (QED) is 0.751. The first kappa shape index (κ1) is 17.2. The predicted molar refractivity (Wildman–Crippen MR) is 98.2 cm³/mol. The van der Waals surface area contributed by atoms with Gasteiger partial charge in [0.05, 0.1) is 5.69 Å². The third kappa shape index (κ3) is 4.06. The summed E-state index contributed by atoms with van der Waals surface area (Å²) in [6.07, 6.45) is 3.77. The molecule has 1 aromatic heterocycles. The summed E-state index contributed by atoms with van der Waals surface area (Å²) >= 11 is 5.86. The normalized spacial score (nSPS) is 10.7. The number of hydrogen-bond donors (Lipinski definition) is 1. The number of nitrogens with one attached hydrogen (secondary N) is 1. The van der Waals surface area contributed by atoms with Gasteiger partial charge in [-0.1, -0.05) is 29.8 Å². The summed E-state index contributed by atoms with van der Waals surface area (Å²) in [6, 6.07) is 12.2. The van der Waals surface area contributed by atoms with Gasteiger partial charge in [0, 0.05) is 24.0 Å². The first-order chi connectivity index (χ1) is 12.0. The lowest BCUT2D eigenvalue weighted by Gasteiger charge is -2.10. The van der Waals surface area contributed by atoms with E-state index in [9.17, 15) is 9.18 Å². The molecule has 2 aromatic carbocycles. The molecule has 3 rings (SSSR count). The molecule has 0 fully saturated rings. The SMILES string of the molecule is Cc1ccc(-n2ccnc(NCCc3ccc(Cl)cc3)c2=O)cc1F. The molecule has 0 aliphatic carbocycles. The number of nitrogens with zero attached hydrogens (tertiary/aromatic N) is 2. The van der Waals surface area contributed by atoms with Crippen LogP contribution in [0.15, 0.2) is 59.7 Å². The van der Waals surface area contributed by atoms with Crippen molar-refractivity contribution in [2.75, 3.05) is 11.9 Å². The molecule has 0 saturated carbocycles. The lowest BCUT2D eigenvalue weighted by atomic mass is 10.1. The van der Waals surface area contributed by atoms with Crippen LogP contribution < -0.4 is 10.9 Å². The first-order valence-electron chi connectivity index (χ1n) is 7.87. The molecule has 0 amide bonds. The smallest absolute Gasteiger partial charge is 0.297 e. The van der Waals surface area contributed by atoms with E-state index in [4.69, 9.17) is 11.6 Å². The first-order valence-corrected chi connectivity index (χ1v) is 8.25. The fourth-order valence-electron chi connectivity index (χ4n) is 2.44. The van der Waals surface area contributed by atoms with Crippen LogP contribution in [0.2, 0.25) is 5.02 Å². The molecular formula is C19H17ClFN3O. The maximum absolute atomic E-state index is 13.8. The third-order valence-electron chi connectivity index (χ3n) is 3.89. The van der Waals surface area contributed by atoms with Crippen molar-refractivity contribution < 1.29 is 4.39 Å². The van der Waals surface area contributed by atoms with Crippen LogP contribution in [-0.4, -0.2) is 16.1 Å². The standard InChI is InChI=1S/C19H17ClFN3O/c1-13-2-7-16(12-17(13)21)24-11-10-23-18(19(24)25)22-9-8-14-3-5-15(20)6-4-14/h2-7,10-12H,8-9H2,1H3,(H,22,23). The zero-order valence-electron chi connectivity index (χ0n) is 13.7. The Balaban J connectivity index is 1.75. The largest absolute Gasteiger partial charge is 0.365 e. The summed E-state index contributed by atoms with van der Waals surface area (Å²) in [6.45, 7) is 2.23. The molecule has 0 aliphatic rings. The number of rotatable bonds is 5. The second-order valence-corrected chi connectivity index (χ2v) is 6.12. The van der Waals surface area contributed by atoms with Crippen molar-refractivity contribution in [1.82, 2.24) is 9.55 Å². The van der Waals surface area contributed by atoms with Crippen molar-refractivity contribution in [3.8, 4) is 5.69 Å². The molecule has 6 heteroatoms. The minimum atomic E-state index is -0.349. The van der Waals surface area contributed by atoms with Crippen LogP contribution in [0.1, 0.15) is 11.1 Å². The van der Waals surface area contributed by atoms with Crippen molar-refractivity contribution in [3.63, 3.8) is 0 Å². The summed E-state index contributed by atoms with van der Waals surface area (Å²) in [7, 11) is 0. The van der Waals surface area contributed by atoms with Gasteiger partial charge in [0.25, 0.3) is 5.56 Å². The Morgan fingerprint density at radius 3 is 2.68 bits per heavy atom. The van der Waals surface area contributed by atoms with Gasteiger partial charge in [-0.2, -0.15) is 0 Å². The molecule has 25 heavy (non-hydrogen) atoms. The average Bonchev–Trinajstić information content (AvgIpc) is 2.61. The van der Waals surface area contributed by atoms with Gasteiger partial charge in [0.2, 0.25) is 0 Å².